The second kappa shape index (κ2) is 8.88. The predicted octanol–water partition coefficient (Wildman–Crippen LogP) is 5.18. The highest BCUT2D eigenvalue weighted by Gasteiger charge is 2.27. The summed E-state index contributed by atoms with van der Waals surface area (Å²) in [5.74, 6) is 0.750. The molecular weight excluding hydrogens is 452 g/mol. The fourth-order valence-electron chi connectivity index (χ4n) is 3.65. The van der Waals surface area contributed by atoms with Crippen LogP contribution in [0.3, 0.4) is 0 Å². The average molecular weight is 479 g/mol. The monoisotopic (exact) mass is 478 g/mol. The molecule has 2 amide bonds. The third-order valence-corrected chi connectivity index (χ3v) is 7.31. The zero-order chi connectivity index (χ0) is 21.3. The van der Waals surface area contributed by atoms with Crippen molar-refractivity contribution in [2.45, 2.75) is 52.9 Å². The Balaban J connectivity index is 1.76. The molecule has 3 N–H and O–H groups in total. The summed E-state index contributed by atoms with van der Waals surface area (Å²) in [4.78, 5) is 25.8. The van der Waals surface area contributed by atoms with Crippen LogP contribution < -0.4 is 15.8 Å². The Kier molecular flexibility index (Phi) is 6.69. The Morgan fingerprint density at radius 3 is 2.76 bits per heavy atom. The lowest BCUT2D eigenvalue weighted by molar-refractivity contribution is -0.118. The number of nitrogens with two attached hydrogens (primary N) is 1. The Morgan fingerprint density at radius 1 is 1.38 bits per heavy atom. The lowest BCUT2D eigenvalue weighted by atomic mass is 9.88. The molecule has 1 atom stereocenters. The molecule has 0 saturated carbocycles. The summed E-state index contributed by atoms with van der Waals surface area (Å²) in [5.41, 5.74) is 9.17. The Labute approximate surface area is 184 Å². The molecule has 0 radical (unpaired) electrons. The highest BCUT2D eigenvalue weighted by Crippen LogP contribution is 2.39. The van der Waals surface area contributed by atoms with Crippen molar-refractivity contribution in [2.24, 2.45) is 11.7 Å². The lowest BCUT2D eigenvalue weighted by Gasteiger charge is -2.18. The van der Waals surface area contributed by atoms with Crippen molar-refractivity contribution >= 4 is 44.1 Å². The smallest absolute Gasteiger partial charge is 0.262 e. The number of thiophene rings is 1. The number of hydrogen-bond acceptors (Lipinski definition) is 4. The van der Waals surface area contributed by atoms with Gasteiger partial charge in [-0.2, -0.15) is 0 Å². The van der Waals surface area contributed by atoms with Crippen LogP contribution in [-0.2, 0) is 17.6 Å². The van der Waals surface area contributed by atoms with Crippen molar-refractivity contribution in [1.82, 2.24) is 0 Å². The molecule has 0 saturated heterocycles. The summed E-state index contributed by atoms with van der Waals surface area (Å²) in [6, 6.07) is 3.97. The topological polar surface area (TPSA) is 81.4 Å². The molecule has 0 spiro atoms. The number of aryl methyl sites for hydroxylation is 1. The lowest BCUT2D eigenvalue weighted by Crippen LogP contribution is -2.23. The largest absolute Gasteiger partial charge is 0.483 e. The van der Waals surface area contributed by atoms with Gasteiger partial charge in [0.1, 0.15) is 10.8 Å². The second-order valence-corrected chi connectivity index (χ2v) is 10.0. The summed E-state index contributed by atoms with van der Waals surface area (Å²) in [6.07, 6.45) is 2.78. The molecule has 3 rings (SSSR count). The van der Waals surface area contributed by atoms with Crippen LogP contribution in [0.25, 0.3) is 0 Å². The maximum atomic E-state index is 12.6. The first-order chi connectivity index (χ1) is 13.7. The summed E-state index contributed by atoms with van der Waals surface area (Å²) in [6.45, 7) is 8.22. The van der Waals surface area contributed by atoms with Gasteiger partial charge in [0.15, 0.2) is 6.61 Å². The fourth-order valence-corrected chi connectivity index (χ4v) is 5.45. The van der Waals surface area contributed by atoms with E-state index in [1.165, 1.54) is 11.3 Å². The molecule has 2 aromatic rings. The van der Waals surface area contributed by atoms with Crippen LogP contribution in [0, 0.1) is 12.8 Å². The highest BCUT2D eigenvalue weighted by atomic mass is 79.9. The minimum Gasteiger partial charge on any atom is -0.483 e. The Hall–Kier alpha value is -1.86. The van der Waals surface area contributed by atoms with Gasteiger partial charge in [-0.1, -0.05) is 36.7 Å². The number of ether oxygens (including phenoxy) is 1. The summed E-state index contributed by atoms with van der Waals surface area (Å²) in [5, 5.41) is 3.40. The molecular formula is C22H27BrN2O3S. The number of primary amides is 1. The standard InChI is InChI=1S/C22H27BrN2O3S/c1-11(2)15-9-16(23)13(4)8-17(15)28-10-19(26)25-22-20(21(24)27)14-6-5-12(3)7-18(14)29-22/h8-9,11-12H,5-7,10H2,1-4H3,(H2,24,27)(H,25,26). The minimum absolute atomic E-state index is 0.127. The van der Waals surface area contributed by atoms with E-state index in [4.69, 9.17) is 10.5 Å². The van der Waals surface area contributed by atoms with Gasteiger partial charge in [-0.3, -0.25) is 9.59 Å². The van der Waals surface area contributed by atoms with Gasteiger partial charge in [0.2, 0.25) is 0 Å². The average Bonchev–Trinajstić information content (AvgIpc) is 2.98. The van der Waals surface area contributed by atoms with E-state index >= 15 is 0 Å². The first-order valence-corrected chi connectivity index (χ1v) is 11.4. The molecule has 1 aliphatic carbocycles. The quantitative estimate of drug-likeness (QED) is 0.599. The Morgan fingerprint density at radius 2 is 2.10 bits per heavy atom. The van der Waals surface area contributed by atoms with E-state index in [2.05, 4.69) is 42.0 Å². The van der Waals surface area contributed by atoms with Crippen LogP contribution in [0.5, 0.6) is 5.75 Å². The number of carbonyl (C=O) groups excluding carboxylic acids is 2. The molecule has 1 aromatic heterocycles. The van der Waals surface area contributed by atoms with Crippen LogP contribution in [0.2, 0.25) is 0 Å². The number of amides is 2. The van der Waals surface area contributed by atoms with E-state index in [1.54, 1.807) is 0 Å². The molecule has 1 aromatic carbocycles. The van der Waals surface area contributed by atoms with Gasteiger partial charge in [0, 0.05) is 9.35 Å². The minimum atomic E-state index is -0.487. The maximum Gasteiger partial charge on any atom is 0.262 e. The number of benzene rings is 1. The molecule has 1 aliphatic rings. The number of anilines is 1. The second-order valence-electron chi connectivity index (χ2n) is 8.05. The normalized spacial score (nSPS) is 15.9. The number of fused-ring (bicyclic) bond motifs is 1. The predicted molar refractivity (Wildman–Crippen MR) is 121 cm³/mol. The van der Waals surface area contributed by atoms with Crippen LogP contribution >= 0.6 is 27.3 Å². The van der Waals surface area contributed by atoms with E-state index in [1.807, 2.05) is 19.1 Å². The number of nitrogens with one attached hydrogen (secondary N) is 1. The molecule has 29 heavy (non-hydrogen) atoms. The van der Waals surface area contributed by atoms with Gasteiger partial charge >= 0.3 is 0 Å². The highest BCUT2D eigenvalue weighted by molar-refractivity contribution is 9.10. The third-order valence-electron chi connectivity index (χ3n) is 5.28. The van der Waals surface area contributed by atoms with Crippen molar-refractivity contribution in [3.8, 4) is 5.75 Å². The van der Waals surface area contributed by atoms with E-state index in [0.29, 0.717) is 22.2 Å². The number of carbonyl (C=O) groups is 2. The molecule has 0 fully saturated rings. The summed E-state index contributed by atoms with van der Waals surface area (Å²) >= 11 is 5.01. The van der Waals surface area contributed by atoms with Gasteiger partial charge in [-0.25, -0.2) is 0 Å². The molecule has 1 unspecified atom stereocenters. The van der Waals surface area contributed by atoms with Crippen LogP contribution in [0.1, 0.15) is 65.0 Å². The van der Waals surface area contributed by atoms with E-state index in [0.717, 1.165) is 45.3 Å². The van der Waals surface area contributed by atoms with Gasteiger partial charge in [-0.05, 0) is 66.8 Å². The fraction of sp³-hybridized carbons (Fsp3) is 0.455. The third kappa shape index (κ3) is 4.83. The first kappa shape index (κ1) is 21.8. The van der Waals surface area contributed by atoms with Gasteiger partial charge in [0.05, 0.1) is 5.56 Å². The summed E-state index contributed by atoms with van der Waals surface area (Å²) < 4.78 is 6.86. The molecule has 0 aliphatic heterocycles. The maximum absolute atomic E-state index is 12.6. The number of rotatable bonds is 6. The summed E-state index contributed by atoms with van der Waals surface area (Å²) in [7, 11) is 0. The van der Waals surface area contributed by atoms with E-state index in [9.17, 15) is 9.59 Å². The molecule has 5 nitrogen and oxygen atoms in total. The molecule has 1 heterocycles. The zero-order valence-electron chi connectivity index (χ0n) is 17.2. The number of hydrogen-bond donors (Lipinski definition) is 2. The van der Waals surface area contributed by atoms with Crippen LogP contribution in [0.15, 0.2) is 16.6 Å². The van der Waals surface area contributed by atoms with Gasteiger partial charge in [-0.15, -0.1) is 11.3 Å². The Bertz CT molecular complexity index is 952. The van der Waals surface area contributed by atoms with Crippen molar-refractivity contribution in [3.05, 3.63) is 43.7 Å². The van der Waals surface area contributed by atoms with Crippen molar-refractivity contribution in [2.75, 3.05) is 11.9 Å². The van der Waals surface area contributed by atoms with Crippen LogP contribution in [-0.4, -0.2) is 18.4 Å². The van der Waals surface area contributed by atoms with Gasteiger partial charge < -0.3 is 15.8 Å². The van der Waals surface area contributed by atoms with Crippen LogP contribution in [0.4, 0.5) is 5.00 Å². The van der Waals surface area contributed by atoms with E-state index < -0.39 is 5.91 Å². The molecule has 7 heteroatoms. The molecule has 156 valence electrons. The van der Waals surface area contributed by atoms with Crippen molar-refractivity contribution < 1.29 is 14.3 Å². The first-order valence-electron chi connectivity index (χ1n) is 9.84. The SMILES string of the molecule is Cc1cc(OCC(=O)Nc2sc3c(c2C(N)=O)CCC(C)C3)c(C(C)C)cc1Br. The van der Waals surface area contributed by atoms with E-state index in [-0.39, 0.29) is 18.4 Å². The van der Waals surface area contributed by atoms with Crippen molar-refractivity contribution in [1.29, 1.82) is 0 Å². The number of halogens is 1. The molecule has 0 bridgehead atoms. The van der Waals surface area contributed by atoms with Gasteiger partial charge in [0.25, 0.3) is 11.8 Å². The zero-order valence-corrected chi connectivity index (χ0v) is 19.6. The van der Waals surface area contributed by atoms with Crippen molar-refractivity contribution in [3.63, 3.8) is 0 Å².